The second-order valence-electron chi connectivity index (χ2n) is 7.41. The van der Waals surface area contributed by atoms with Crippen LogP contribution in [-0.2, 0) is 4.79 Å². The highest BCUT2D eigenvalue weighted by molar-refractivity contribution is 5.78. The molecule has 9 heteroatoms. The zero-order valence-corrected chi connectivity index (χ0v) is 18.2. The van der Waals surface area contributed by atoms with E-state index >= 15 is 0 Å². The van der Waals surface area contributed by atoms with E-state index in [0.29, 0.717) is 43.5 Å². The molecule has 1 amide bonds. The van der Waals surface area contributed by atoms with E-state index in [4.69, 9.17) is 9.47 Å². The number of piperazine rings is 1. The highest BCUT2D eigenvalue weighted by atomic mass is 16.5. The highest BCUT2D eigenvalue weighted by Crippen LogP contribution is 2.26. The van der Waals surface area contributed by atoms with Crippen LogP contribution in [0, 0.1) is 6.92 Å². The number of benzene rings is 1. The lowest BCUT2D eigenvalue weighted by Crippen LogP contribution is -2.50. The molecule has 0 bridgehead atoms. The molecule has 2 aromatic heterocycles. The van der Waals surface area contributed by atoms with E-state index in [0.717, 1.165) is 17.2 Å². The Morgan fingerprint density at radius 1 is 1.00 bits per heavy atom. The molecule has 0 saturated carbocycles. The van der Waals surface area contributed by atoms with Crippen LogP contribution >= 0.6 is 0 Å². The van der Waals surface area contributed by atoms with Gasteiger partial charge in [-0.1, -0.05) is 12.1 Å². The summed E-state index contributed by atoms with van der Waals surface area (Å²) in [4.78, 5) is 29.5. The maximum Gasteiger partial charge on any atom is 0.260 e. The molecule has 1 aromatic carbocycles. The van der Waals surface area contributed by atoms with Crippen molar-refractivity contribution in [3.63, 3.8) is 0 Å². The van der Waals surface area contributed by atoms with Gasteiger partial charge in [0.05, 0.1) is 7.11 Å². The molecule has 32 heavy (non-hydrogen) atoms. The predicted octanol–water partition coefficient (Wildman–Crippen LogP) is 2.66. The molecular formula is C23H26N6O3. The number of carbonyl (C=O) groups excluding carboxylic acids is 1. The Morgan fingerprint density at radius 2 is 1.75 bits per heavy atom. The molecular weight excluding hydrogens is 408 g/mol. The van der Waals surface area contributed by atoms with E-state index in [1.807, 2.05) is 42.2 Å². The van der Waals surface area contributed by atoms with Crippen molar-refractivity contribution in [2.75, 3.05) is 50.1 Å². The summed E-state index contributed by atoms with van der Waals surface area (Å²) in [5.74, 6) is 3.35. The van der Waals surface area contributed by atoms with Crippen molar-refractivity contribution in [1.82, 2.24) is 19.9 Å². The van der Waals surface area contributed by atoms with Crippen molar-refractivity contribution in [2.45, 2.75) is 6.92 Å². The second-order valence-corrected chi connectivity index (χ2v) is 7.41. The van der Waals surface area contributed by atoms with Crippen LogP contribution in [0.3, 0.4) is 0 Å². The number of hydrogen-bond donors (Lipinski definition) is 1. The number of hydrogen-bond acceptors (Lipinski definition) is 8. The van der Waals surface area contributed by atoms with Crippen LogP contribution in [0.2, 0.25) is 0 Å². The lowest BCUT2D eigenvalue weighted by molar-refractivity contribution is -0.133. The first kappa shape index (κ1) is 21.4. The van der Waals surface area contributed by atoms with Crippen LogP contribution in [-0.4, -0.2) is 65.7 Å². The number of ether oxygens (including phenoxy) is 2. The number of methoxy groups -OCH3 is 1. The molecule has 9 nitrogen and oxygen atoms in total. The number of rotatable bonds is 7. The van der Waals surface area contributed by atoms with Crippen molar-refractivity contribution in [3.8, 4) is 11.5 Å². The molecule has 4 rings (SSSR count). The number of pyridine rings is 1. The number of amides is 1. The summed E-state index contributed by atoms with van der Waals surface area (Å²) < 4.78 is 10.9. The van der Waals surface area contributed by atoms with Gasteiger partial charge >= 0.3 is 0 Å². The summed E-state index contributed by atoms with van der Waals surface area (Å²) in [5, 5.41) is 3.21. The van der Waals surface area contributed by atoms with Crippen molar-refractivity contribution in [2.24, 2.45) is 0 Å². The summed E-state index contributed by atoms with van der Waals surface area (Å²) in [6.07, 6.45) is 3.29. The van der Waals surface area contributed by atoms with E-state index in [9.17, 15) is 4.79 Å². The van der Waals surface area contributed by atoms with Crippen LogP contribution in [0.5, 0.6) is 11.5 Å². The van der Waals surface area contributed by atoms with Crippen LogP contribution in [0.25, 0.3) is 0 Å². The average molecular weight is 435 g/mol. The monoisotopic (exact) mass is 434 g/mol. The van der Waals surface area contributed by atoms with Gasteiger partial charge in [0.25, 0.3) is 5.91 Å². The topological polar surface area (TPSA) is 92.7 Å². The largest absolute Gasteiger partial charge is 0.493 e. The third kappa shape index (κ3) is 5.23. The van der Waals surface area contributed by atoms with Crippen molar-refractivity contribution >= 4 is 23.4 Å². The molecule has 0 unspecified atom stereocenters. The lowest BCUT2D eigenvalue weighted by atomic mass is 10.3. The molecule has 3 aromatic rings. The Kier molecular flexibility index (Phi) is 6.64. The smallest absolute Gasteiger partial charge is 0.260 e. The molecule has 3 heterocycles. The van der Waals surface area contributed by atoms with Crippen LogP contribution in [0.1, 0.15) is 5.56 Å². The van der Waals surface area contributed by atoms with Gasteiger partial charge in [0.15, 0.2) is 18.1 Å². The number of nitrogens with one attached hydrogen (secondary N) is 1. The molecule has 0 spiro atoms. The zero-order chi connectivity index (χ0) is 22.3. The molecule has 1 N–H and O–H groups in total. The van der Waals surface area contributed by atoms with Crippen LogP contribution < -0.4 is 19.7 Å². The standard InChI is InChI=1S/C23H26N6O3/c1-17-7-8-24-20(13-17)27-21-14-22(26-16-25-21)28-9-11-29(12-10-28)23(30)15-32-19-6-4-3-5-18(19)31-2/h3-8,13-14,16H,9-12,15H2,1-2H3,(H,24,25,26,27). The maximum atomic E-state index is 12.6. The normalized spacial score (nSPS) is 13.6. The van der Waals surface area contributed by atoms with Gasteiger partial charge in [0.1, 0.15) is 23.8 Å². The van der Waals surface area contributed by atoms with E-state index < -0.39 is 0 Å². The minimum atomic E-state index is -0.0499. The number of para-hydroxylation sites is 2. The maximum absolute atomic E-state index is 12.6. The van der Waals surface area contributed by atoms with Gasteiger partial charge < -0.3 is 24.6 Å². The van der Waals surface area contributed by atoms with Crippen molar-refractivity contribution in [3.05, 3.63) is 60.6 Å². The Morgan fingerprint density at radius 3 is 2.50 bits per heavy atom. The van der Waals surface area contributed by atoms with Crippen LogP contribution in [0.15, 0.2) is 55.0 Å². The molecule has 0 radical (unpaired) electrons. The highest BCUT2D eigenvalue weighted by Gasteiger charge is 2.23. The number of nitrogens with zero attached hydrogens (tertiary/aromatic N) is 5. The predicted molar refractivity (Wildman–Crippen MR) is 122 cm³/mol. The number of carbonyl (C=O) groups is 1. The fourth-order valence-corrected chi connectivity index (χ4v) is 3.48. The van der Waals surface area contributed by atoms with Gasteiger partial charge in [-0.3, -0.25) is 4.79 Å². The first-order valence-electron chi connectivity index (χ1n) is 10.4. The summed E-state index contributed by atoms with van der Waals surface area (Å²) >= 11 is 0. The first-order chi connectivity index (χ1) is 15.6. The van der Waals surface area contributed by atoms with Gasteiger partial charge in [-0.25, -0.2) is 15.0 Å². The SMILES string of the molecule is COc1ccccc1OCC(=O)N1CCN(c2cc(Nc3cc(C)ccn3)ncn2)CC1. The third-order valence-corrected chi connectivity index (χ3v) is 5.20. The lowest BCUT2D eigenvalue weighted by Gasteiger charge is -2.35. The fraction of sp³-hybridized carbons (Fsp3) is 0.304. The minimum Gasteiger partial charge on any atom is -0.493 e. The molecule has 166 valence electrons. The number of aromatic nitrogens is 3. The van der Waals surface area contributed by atoms with Crippen LogP contribution in [0.4, 0.5) is 17.5 Å². The second kappa shape index (κ2) is 9.95. The van der Waals surface area contributed by atoms with Gasteiger partial charge in [-0.2, -0.15) is 0 Å². The van der Waals surface area contributed by atoms with Crippen molar-refractivity contribution in [1.29, 1.82) is 0 Å². The molecule has 0 aliphatic carbocycles. The quantitative estimate of drug-likeness (QED) is 0.607. The first-order valence-corrected chi connectivity index (χ1v) is 10.4. The Balaban J connectivity index is 1.31. The number of aryl methyl sites for hydroxylation is 1. The molecule has 1 aliphatic rings. The Hall–Kier alpha value is -3.88. The Labute approximate surface area is 187 Å². The summed E-state index contributed by atoms with van der Waals surface area (Å²) in [7, 11) is 1.58. The minimum absolute atomic E-state index is 0.0224. The average Bonchev–Trinajstić information content (AvgIpc) is 2.83. The summed E-state index contributed by atoms with van der Waals surface area (Å²) in [5.41, 5.74) is 1.12. The fourth-order valence-electron chi connectivity index (χ4n) is 3.48. The van der Waals surface area contributed by atoms with E-state index in [-0.39, 0.29) is 12.5 Å². The third-order valence-electron chi connectivity index (χ3n) is 5.20. The van der Waals surface area contributed by atoms with E-state index in [1.165, 1.54) is 6.33 Å². The number of anilines is 3. The van der Waals surface area contributed by atoms with Gasteiger partial charge in [-0.05, 0) is 36.8 Å². The van der Waals surface area contributed by atoms with E-state index in [2.05, 4.69) is 25.2 Å². The van der Waals surface area contributed by atoms with Gasteiger partial charge in [0, 0.05) is 38.4 Å². The van der Waals surface area contributed by atoms with Gasteiger partial charge in [-0.15, -0.1) is 0 Å². The molecule has 1 saturated heterocycles. The molecule has 0 atom stereocenters. The molecule has 1 aliphatic heterocycles. The summed E-state index contributed by atoms with van der Waals surface area (Å²) in [6, 6.07) is 13.1. The molecule has 1 fully saturated rings. The van der Waals surface area contributed by atoms with Crippen molar-refractivity contribution < 1.29 is 14.3 Å². The Bertz CT molecular complexity index is 1070. The summed E-state index contributed by atoms with van der Waals surface area (Å²) in [6.45, 7) is 4.55. The van der Waals surface area contributed by atoms with E-state index in [1.54, 1.807) is 25.4 Å². The van der Waals surface area contributed by atoms with Gasteiger partial charge in [0.2, 0.25) is 0 Å². The zero-order valence-electron chi connectivity index (χ0n) is 18.2.